The average Bonchev–Trinajstić information content (AvgIpc) is 2.61. The van der Waals surface area contributed by atoms with Crippen LogP contribution in [0.2, 0.25) is 0 Å². The number of nitro groups is 1. The van der Waals surface area contributed by atoms with Crippen LogP contribution in [0.15, 0.2) is 48.5 Å². The van der Waals surface area contributed by atoms with Crippen LogP contribution in [-0.2, 0) is 4.79 Å². The molecule has 8 heteroatoms. The predicted octanol–water partition coefficient (Wildman–Crippen LogP) is 3.69. The number of non-ortho nitro benzene ring substituents is 1. The van der Waals surface area contributed by atoms with Crippen LogP contribution in [0.25, 0.3) is 0 Å². The van der Waals surface area contributed by atoms with Crippen LogP contribution >= 0.6 is 0 Å². The minimum Gasteiger partial charge on any atom is -0.326 e. The highest BCUT2D eigenvalue weighted by molar-refractivity contribution is 5.99. The molecule has 2 aromatic rings. The summed E-state index contributed by atoms with van der Waals surface area (Å²) < 4.78 is 0. The van der Waals surface area contributed by atoms with E-state index in [0.717, 1.165) is 0 Å². The van der Waals surface area contributed by atoms with Crippen LogP contribution in [0, 0.1) is 23.0 Å². The zero-order valence-corrected chi connectivity index (χ0v) is 15.4. The zero-order valence-electron chi connectivity index (χ0n) is 15.4. The van der Waals surface area contributed by atoms with Gasteiger partial charge in [0, 0.05) is 17.8 Å². The molecule has 142 valence electrons. The van der Waals surface area contributed by atoms with E-state index in [1.807, 2.05) is 6.07 Å². The molecule has 0 aliphatic carbocycles. The number of anilines is 2. The zero-order chi connectivity index (χ0) is 20.0. The molecule has 0 aliphatic heterocycles. The maximum atomic E-state index is 12.7. The molecule has 0 saturated heterocycles. The van der Waals surface area contributed by atoms with Crippen molar-refractivity contribution in [2.75, 3.05) is 10.6 Å². The quantitative estimate of drug-likeness (QED) is 0.531. The molecular weight excluding hydrogens is 348 g/mol. The van der Waals surface area contributed by atoms with Gasteiger partial charge in [0.05, 0.1) is 10.6 Å². The molecule has 0 aliphatic rings. The van der Waals surface area contributed by atoms with Crippen molar-refractivity contribution >= 4 is 29.0 Å². The summed E-state index contributed by atoms with van der Waals surface area (Å²) >= 11 is 0. The van der Waals surface area contributed by atoms with Crippen molar-refractivity contribution in [2.45, 2.75) is 26.8 Å². The number of carbonyl (C=O) groups is 2. The molecule has 0 bridgehead atoms. The Morgan fingerprint density at radius 1 is 1.04 bits per heavy atom. The van der Waals surface area contributed by atoms with E-state index in [9.17, 15) is 19.7 Å². The molecule has 1 unspecified atom stereocenters. The highest BCUT2D eigenvalue weighted by Crippen LogP contribution is 2.22. The molecule has 2 aromatic carbocycles. The van der Waals surface area contributed by atoms with E-state index >= 15 is 0 Å². The monoisotopic (exact) mass is 370 g/mol. The summed E-state index contributed by atoms with van der Waals surface area (Å²) in [6.07, 6.45) is 0. The molecular formula is C19H22N4O4. The summed E-state index contributed by atoms with van der Waals surface area (Å²) in [5.41, 5.74) is 1.51. The van der Waals surface area contributed by atoms with Crippen LogP contribution < -0.4 is 16.0 Å². The SMILES string of the molecule is Cc1ccc([N+](=O)[O-])cc1NC(=O)C(NC(=O)Nc1ccccc1)C(C)C. The van der Waals surface area contributed by atoms with Crippen molar-refractivity contribution in [1.29, 1.82) is 0 Å². The van der Waals surface area contributed by atoms with Gasteiger partial charge in [0.15, 0.2) is 0 Å². The number of carbonyl (C=O) groups excluding carboxylic acids is 2. The summed E-state index contributed by atoms with van der Waals surface area (Å²) in [7, 11) is 0. The van der Waals surface area contributed by atoms with Crippen LogP contribution in [0.4, 0.5) is 21.9 Å². The topological polar surface area (TPSA) is 113 Å². The van der Waals surface area contributed by atoms with Crippen LogP contribution in [0.5, 0.6) is 0 Å². The van der Waals surface area contributed by atoms with Crippen LogP contribution in [0.3, 0.4) is 0 Å². The number of amides is 3. The van der Waals surface area contributed by atoms with Gasteiger partial charge in [-0.05, 0) is 30.5 Å². The first-order valence-corrected chi connectivity index (χ1v) is 8.46. The average molecular weight is 370 g/mol. The van der Waals surface area contributed by atoms with Gasteiger partial charge in [-0.1, -0.05) is 38.1 Å². The van der Waals surface area contributed by atoms with E-state index in [4.69, 9.17) is 0 Å². The number of urea groups is 1. The minimum absolute atomic E-state index is 0.119. The number of nitrogens with one attached hydrogen (secondary N) is 3. The van der Waals surface area contributed by atoms with Gasteiger partial charge in [0.2, 0.25) is 5.91 Å². The van der Waals surface area contributed by atoms with E-state index in [0.29, 0.717) is 16.9 Å². The Labute approximate surface area is 157 Å². The van der Waals surface area contributed by atoms with Gasteiger partial charge in [0.25, 0.3) is 5.69 Å². The fraction of sp³-hybridized carbons (Fsp3) is 0.263. The molecule has 1 atom stereocenters. The van der Waals surface area contributed by atoms with Gasteiger partial charge < -0.3 is 16.0 Å². The Hall–Kier alpha value is -3.42. The highest BCUT2D eigenvalue weighted by Gasteiger charge is 2.25. The Kier molecular flexibility index (Phi) is 6.48. The number of hydrogen-bond acceptors (Lipinski definition) is 4. The first-order chi connectivity index (χ1) is 12.8. The van der Waals surface area contributed by atoms with E-state index < -0.39 is 22.9 Å². The molecule has 0 aromatic heterocycles. The second-order valence-corrected chi connectivity index (χ2v) is 6.43. The molecule has 8 nitrogen and oxygen atoms in total. The molecule has 0 saturated carbocycles. The van der Waals surface area contributed by atoms with E-state index in [2.05, 4.69) is 16.0 Å². The summed E-state index contributed by atoms with van der Waals surface area (Å²) in [4.78, 5) is 35.3. The number of rotatable bonds is 6. The summed E-state index contributed by atoms with van der Waals surface area (Å²) in [6, 6.07) is 11.8. The lowest BCUT2D eigenvalue weighted by Gasteiger charge is -2.22. The summed E-state index contributed by atoms with van der Waals surface area (Å²) in [6.45, 7) is 5.33. The number of benzene rings is 2. The molecule has 2 rings (SSSR count). The molecule has 0 heterocycles. The normalized spacial score (nSPS) is 11.6. The highest BCUT2D eigenvalue weighted by atomic mass is 16.6. The van der Waals surface area contributed by atoms with Gasteiger partial charge in [-0.25, -0.2) is 4.79 Å². The Morgan fingerprint density at radius 2 is 1.70 bits per heavy atom. The van der Waals surface area contributed by atoms with Crippen LogP contribution in [-0.4, -0.2) is 22.9 Å². The summed E-state index contributed by atoms with van der Waals surface area (Å²) in [5, 5.41) is 18.9. The fourth-order valence-corrected chi connectivity index (χ4v) is 2.43. The maximum Gasteiger partial charge on any atom is 0.319 e. The number of aryl methyl sites for hydroxylation is 1. The second-order valence-electron chi connectivity index (χ2n) is 6.43. The van der Waals surface area contributed by atoms with Crippen LogP contribution in [0.1, 0.15) is 19.4 Å². The van der Waals surface area contributed by atoms with Crippen molar-refractivity contribution in [1.82, 2.24) is 5.32 Å². The standard InChI is InChI=1S/C19H22N4O4/c1-12(2)17(22-19(25)20-14-7-5-4-6-8-14)18(24)21-16-11-15(23(26)27)10-9-13(16)3/h4-12,17H,1-3H3,(H,21,24)(H2,20,22,25). The lowest BCUT2D eigenvalue weighted by molar-refractivity contribution is -0.384. The fourth-order valence-electron chi connectivity index (χ4n) is 2.43. The number of nitrogens with zero attached hydrogens (tertiary/aromatic N) is 1. The maximum absolute atomic E-state index is 12.7. The first kappa shape index (κ1) is 19.9. The van der Waals surface area contributed by atoms with Crippen molar-refractivity contribution in [3.05, 3.63) is 64.2 Å². The third-order valence-electron chi connectivity index (χ3n) is 3.96. The predicted molar refractivity (Wildman–Crippen MR) is 104 cm³/mol. The summed E-state index contributed by atoms with van der Waals surface area (Å²) in [5.74, 6) is -0.637. The molecule has 3 amide bonds. The molecule has 3 N–H and O–H groups in total. The number of hydrogen-bond donors (Lipinski definition) is 3. The Morgan fingerprint density at radius 3 is 2.30 bits per heavy atom. The Bertz CT molecular complexity index is 837. The second kappa shape index (κ2) is 8.79. The lowest BCUT2D eigenvalue weighted by atomic mass is 10.0. The van der Waals surface area contributed by atoms with Gasteiger partial charge in [-0.3, -0.25) is 14.9 Å². The molecule has 0 spiro atoms. The Balaban J connectivity index is 2.10. The first-order valence-electron chi connectivity index (χ1n) is 8.46. The molecule has 27 heavy (non-hydrogen) atoms. The van der Waals surface area contributed by atoms with Crippen molar-refractivity contribution in [2.24, 2.45) is 5.92 Å². The largest absolute Gasteiger partial charge is 0.326 e. The van der Waals surface area contributed by atoms with Gasteiger partial charge >= 0.3 is 6.03 Å². The van der Waals surface area contributed by atoms with E-state index in [1.165, 1.54) is 12.1 Å². The number of para-hydroxylation sites is 1. The van der Waals surface area contributed by atoms with Gasteiger partial charge in [-0.15, -0.1) is 0 Å². The minimum atomic E-state index is -0.813. The van der Waals surface area contributed by atoms with E-state index in [-0.39, 0.29) is 11.6 Å². The van der Waals surface area contributed by atoms with Gasteiger partial charge in [0.1, 0.15) is 6.04 Å². The number of nitro benzene ring substituents is 1. The van der Waals surface area contributed by atoms with Gasteiger partial charge in [-0.2, -0.15) is 0 Å². The van der Waals surface area contributed by atoms with Crippen molar-refractivity contribution in [3.8, 4) is 0 Å². The van der Waals surface area contributed by atoms with Crippen molar-refractivity contribution < 1.29 is 14.5 Å². The van der Waals surface area contributed by atoms with Crippen molar-refractivity contribution in [3.63, 3.8) is 0 Å². The molecule has 0 fully saturated rings. The third-order valence-corrected chi connectivity index (χ3v) is 3.96. The molecule has 0 radical (unpaired) electrons. The lowest BCUT2D eigenvalue weighted by Crippen LogP contribution is -2.48. The third kappa shape index (κ3) is 5.53. The van der Waals surface area contributed by atoms with E-state index in [1.54, 1.807) is 51.1 Å². The smallest absolute Gasteiger partial charge is 0.319 e.